The number of hydrogen-bond donors (Lipinski definition) is 4. The number of nitrogens with one attached hydrogen (secondary N) is 2. The summed E-state index contributed by atoms with van der Waals surface area (Å²) in [7, 11) is -4.28. The van der Waals surface area contributed by atoms with Gasteiger partial charge in [0.25, 0.3) is 0 Å². The number of aliphatic hydroxyl groups is 1. The molecule has 4 atom stereocenters. The van der Waals surface area contributed by atoms with Gasteiger partial charge in [0, 0.05) is 24.7 Å². The lowest BCUT2D eigenvalue weighted by molar-refractivity contribution is 0.133. The molecule has 2 aliphatic rings. The van der Waals surface area contributed by atoms with Crippen LogP contribution in [-0.4, -0.2) is 45.3 Å². The normalized spacial score (nSPS) is 25.7. The molecule has 4 N–H and O–H groups in total. The Balaban J connectivity index is 1.37. The molecule has 5 rings (SSSR count). The molecule has 164 valence electrons. The summed E-state index contributed by atoms with van der Waals surface area (Å²) in [5.41, 5.74) is 3.46. The van der Waals surface area contributed by atoms with Crippen molar-refractivity contribution in [1.82, 2.24) is 19.3 Å². The summed E-state index contributed by atoms with van der Waals surface area (Å²) in [5, 5.41) is 14.9. The fourth-order valence-electron chi connectivity index (χ4n) is 4.99. The Kier molecular flexibility index (Phi) is 5.17. The van der Waals surface area contributed by atoms with E-state index in [0.29, 0.717) is 12.8 Å². The van der Waals surface area contributed by atoms with Crippen LogP contribution >= 0.6 is 0 Å². The van der Waals surface area contributed by atoms with Crippen molar-refractivity contribution in [2.45, 2.75) is 43.9 Å². The zero-order chi connectivity index (χ0) is 21.6. The van der Waals surface area contributed by atoms with Crippen LogP contribution in [-0.2, 0) is 16.7 Å². The fraction of sp³-hybridized carbons (Fsp3) is 0.429. The number of aromatic nitrogens is 3. The third kappa shape index (κ3) is 4.03. The van der Waals surface area contributed by atoms with Crippen LogP contribution in [0.15, 0.2) is 42.9 Å². The summed E-state index contributed by atoms with van der Waals surface area (Å²) < 4.78 is 35.0. The predicted octanol–water partition coefficient (Wildman–Crippen LogP) is 2.24. The van der Waals surface area contributed by atoms with E-state index < -0.39 is 16.4 Å². The van der Waals surface area contributed by atoms with Crippen LogP contribution < -0.4 is 10.0 Å². The topological polar surface area (TPSA) is 129 Å². The van der Waals surface area contributed by atoms with E-state index in [-0.39, 0.29) is 24.5 Å². The zero-order valence-electron chi connectivity index (χ0n) is 16.8. The van der Waals surface area contributed by atoms with E-state index in [4.69, 9.17) is 4.55 Å². The number of aryl methyl sites for hydroxylation is 1. The van der Waals surface area contributed by atoms with Crippen molar-refractivity contribution in [3.63, 3.8) is 0 Å². The number of aliphatic hydroxyl groups excluding tert-OH is 1. The summed E-state index contributed by atoms with van der Waals surface area (Å²) in [5.74, 6) is 0.507. The Hall–Kier alpha value is -2.53. The van der Waals surface area contributed by atoms with E-state index in [1.54, 1.807) is 6.33 Å². The maximum absolute atomic E-state index is 11.0. The summed E-state index contributed by atoms with van der Waals surface area (Å²) >= 11 is 0. The van der Waals surface area contributed by atoms with Crippen LogP contribution in [0.1, 0.15) is 42.5 Å². The van der Waals surface area contributed by atoms with E-state index in [9.17, 15) is 13.5 Å². The molecule has 1 saturated carbocycles. The van der Waals surface area contributed by atoms with Crippen LogP contribution in [0.4, 0.5) is 5.82 Å². The van der Waals surface area contributed by atoms with Gasteiger partial charge in [0.15, 0.2) is 0 Å². The second kappa shape index (κ2) is 7.86. The van der Waals surface area contributed by atoms with Crippen molar-refractivity contribution in [1.29, 1.82) is 0 Å². The Morgan fingerprint density at radius 2 is 2.00 bits per heavy atom. The second-order valence-corrected chi connectivity index (χ2v) is 9.63. The average molecular weight is 444 g/mol. The molecule has 2 aromatic heterocycles. The van der Waals surface area contributed by atoms with Crippen molar-refractivity contribution >= 4 is 27.2 Å². The minimum atomic E-state index is -4.28. The van der Waals surface area contributed by atoms with Crippen LogP contribution in [0.2, 0.25) is 0 Å². The maximum Gasteiger partial charge on any atom is 0.333 e. The first-order valence-corrected chi connectivity index (χ1v) is 11.9. The van der Waals surface area contributed by atoms with Crippen LogP contribution in [0.5, 0.6) is 0 Å². The standard InChI is InChI=1S/C21H25N5O4S/c27-19-10-15(9-14(19)11-24-31(28,29)30)26-8-7-17-20(22-12-23-21(17)26)25-18-6-5-13-3-1-2-4-16(13)18/h1-4,7-8,12,14-15,18-19,24,27H,5-6,9-11H2,(H,22,23,25)(H,28,29,30)/t14-,15-,18+,19+/m1/s1. The molecule has 0 aliphatic heterocycles. The van der Waals surface area contributed by atoms with Gasteiger partial charge in [0.2, 0.25) is 0 Å². The van der Waals surface area contributed by atoms with Crippen molar-refractivity contribution in [3.8, 4) is 0 Å². The highest BCUT2D eigenvalue weighted by molar-refractivity contribution is 7.83. The molecule has 2 aliphatic carbocycles. The average Bonchev–Trinajstić information content (AvgIpc) is 3.43. The molecule has 2 heterocycles. The number of rotatable bonds is 6. The quantitative estimate of drug-likeness (QED) is 0.430. The number of benzene rings is 1. The van der Waals surface area contributed by atoms with E-state index in [1.165, 1.54) is 11.1 Å². The molecule has 10 heteroatoms. The molecule has 1 fully saturated rings. The molecule has 0 bridgehead atoms. The van der Waals surface area contributed by atoms with Crippen LogP contribution in [0.3, 0.4) is 0 Å². The number of fused-ring (bicyclic) bond motifs is 2. The lowest BCUT2D eigenvalue weighted by Gasteiger charge is -2.16. The fourth-order valence-corrected chi connectivity index (χ4v) is 5.41. The summed E-state index contributed by atoms with van der Waals surface area (Å²) in [4.78, 5) is 8.96. The largest absolute Gasteiger partial charge is 0.393 e. The van der Waals surface area contributed by atoms with Gasteiger partial charge in [-0.15, -0.1) is 0 Å². The van der Waals surface area contributed by atoms with Gasteiger partial charge in [-0.2, -0.15) is 13.1 Å². The van der Waals surface area contributed by atoms with Gasteiger partial charge < -0.3 is 15.0 Å². The Labute approximate surface area is 180 Å². The molecule has 0 radical (unpaired) electrons. The first-order valence-electron chi connectivity index (χ1n) is 10.4. The maximum atomic E-state index is 11.0. The third-order valence-electron chi connectivity index (χ3n) is 6.51. The van der Waals surface area contributed by atoms with Crippen molar-refractivity contribution in [3.05, 3.63) is 54.0 Å². The van der Waals surface area contributed by atoms with E-state index in [2.05, 4.69) is 44.3 Å². The highest BCUT2D eigenvalue weighted by Gasteiger charge is 2.35. The second-order valence-electron chi connectivity index (χ2n) is 8.39. The lowest BCUT2D eigenvalue weighted by Crippen LogP contribution is -2.31. The van der Waals surface area contributed by atoms with Crippen molar-refractivity contribution in [2.75, 3.05) is 11.9 Å². The molecule has 0 spiro atoms. The van der Waals surface area contributed by atoms with Gasteiger partial charge in [-0.05, 0) is 42.9 Å². The molecule has 0 saturated heterocycles. The predicted molar refractivity (Wildman–Crippen MR) is 116 cm³/mol. The van der Waals surface area contributed by atoms with Crippen LogP contribution in [0.25, 0.3) is 11.0 Å². The minimum absolute atomic E-state index is 0.00141. The number of hydrogen-bond acceptors (Lipinski definition) is 6. The van der Waals surface area contributed by atoms with E-state index in [1.807, 2.05) is 16.8 Å². The van der Waals surface area contributed by atoms with E-state index >= 15 is 0 Å². The molecule has 3 aromatic rings. The molecule has 1 aromatic carbocycles. The highest BCUT2D eigenvalue weighted by Crippen LogP contribution is 2.38. The first-order chi connectivity index (χ1) is 14.9. The molecule has 31 heavy (non-hydrogen) atoms. The van der Waals surface area contributed by atoms with Gasteiger partial charge in [0.05, 0.1) is 17.5 Å². The Morgan fingerprint density at radius 1 is 1.16 bits per heavy atom. The number of anilines is 1. The highest BCUT2D eigenvalue weighted by atomic mass is 32.2. The molecular formula is C21H25N5O4S. The third-order valence-corrected chi connectivity index (χ3v) is 7.04. The monoisotopic (exact) mass is 443 g/mol. The minimum Gasteiger partial charge on any atom is -0.393 e. The molecule has 9 nitrogen and oxygen atoms in total. The molecule has 0 amide bonds. The summed E-state index contributed by atoms with van der Waals surface area (Å²) in [6.07, 6.45) is 5.96. The zero-order valence-corrected chi connectivity index (χ0v) is 17.7. The summed E-state index contributed by atoms with van der Waals surface area (Å²) in [6.45, 7) is -0.00141. The smallest absolute Gasteiger partial charge is 0.333 e. The first kappa shape index (κ1) is 20.4. The van der Waals surface area contributed by atoms with Gasteiger partial charge >= 0.3 is 10.3 Å². The van der Waals surface area contributed by atoms with Crippen molar-refractivity contribution < 1.29 is 18.1 Å². The molecular weight excluding hydrogens is 418 g/mol. The Bertz CT molecular complexity index is 1210. The van der Waals surface area contributed by atoms with Gasteiger partial charge in [-0.1, -0.05) is 24.3 Å². The van der Waals surface area contributed by atoms with Crippen molar-refractivity contribution in [2.24, 2.45) is 5.92 Å². The SMILES string of the molecule is O=S(=O)(O)NC[C@H]1C[C@@H](n2ccc3c(N[C@H]4CCc5ccccc54)ncnc32)C[C@@H]1O. The number of nitrogens with zero attached hydrogens (tertiary/aromatic N) is 3. The molecule has 0 unspecified atom stereocenters. The van der Waals surface area contributed by atoms with Crippen LogP contribution in [0, 0.1) is 5.92 Å². The summed E-state index contributed by atoms with van der Waals surface area (Å²) in [6, 6.07) is 10.6. The van der Waals surface area contributed by atoms with Gasteiger partial charge in [-0.3, -0.25) is 4.55 Å². The Morgan fingerprint density at radius 3 is 2.84 bits per heavy atom. The lowest BCUT2D eigenvalue weighted by atomic mass is 10.1. The van der Waals surface area contributed by atoms with E-state index in [0.717, 1.165) is 29.7 Å². The van der Waals surface area contributed by atoms with Gasteiger partial charge in [-0.25, -0.2) is 9.97 Å². The van der Waals surface area contributed by atoms with Gasteiger partial charge in [0.1, 0.15) is 17.8 Å².